The fourth-order valence-electron chi connectivity index (χ4n) is 2.09. The summed E-state index contributed by atoms with van der Waals surface area (Å²) in [5.41, 5.74) is 2.62. The van der Waals surface area contributed by atoms with Crippen molar-refractivity contribution in [1.82, 2.24) is 10.4 Å². The molecule has 1 aromatic carbocycles. The van der Waals surface area contributed by atoms with Gasteiger partial charge in [-0.2, -0.15) is 0 Å². The van der Waals surface area contributed by atoms with E-state index in [0.29, 0.717) is 17.5 Å². The van der Waals surface area contributed by atoms with Crippen molar-refractivity contribution in [3.05, 3.63) is 34.9 Å². The maximum Gasteiger partial charge on any atom is 0.306 e. The van der Waals surface area contributed by atoms with Crippen molar-refractivity contribution in [3.63, 3.8) is 0 Å². The number of nitrogens with one attached hydrogen (secondary N) is 1. The van der Waals surface area contributed by atoms with E-state index in [0.717, 1.165) is 5.56 Å². The standard InChI is InChI=1S/C16H20ClN3O4/c1-4-23-14(22)10-9-13(21)18-20-15(19-24-16(20,2)3)11-5-7-12(17)8-6-11/h5-8H,4,9-10H2,1-3H3,(H,18,21). The number of ether oxygens (including phenoxy) is 1. The molecule has 8 heteroatoms. The highest BCUT2D eigenvalue weighted by atomic mass is 35.5. The molecule has 24 heavy (non-hydrogen) atoms. The monoisotopic (exact) mass is 353 g/mol. The molecule has 0 aliphatic carbocycles. The van der Waals surface area contributed by atoms with E-state index in [2.05, 4.69) is 10.6 Å². The van der Waals surface area contributed by atoms with Gasteiger partial charge in [-0.1, -0.05) is 16.8 Å². The number of hydrogen-bond acceptors (Lipinski definition) is 6. The first kappa shape index (κ1) is 18.1. The van der Waals surface area contributed by atoms with Gasteiger partial charge in [-0.15, -0.1) is 0 Å². The van der Waals surface area contributed by atoms with Gasteiger partial charge in [-0.3, -0.25) is 15.0 Å². The first-order chi connectivity index (χ1) is 11.3. The fourth-order valence-corrected chi connectivity index (χ4v) is 2.22. The SMILES string of the molecule is CCOC(=O)CCC(=O)NN1C(c2ccc(Cl)cc2)=NOC1(C)C. The Morgan fingerprint density at radius 2 is 1.96 bits per heavy atom. The first-order valence-electron chi connectivity index (χ1n) is 7.61. The van der Waals surface area contributed by atoms with E-state index in [4.69, 9.17) is 21.2 Å². The quantitative estimate of drug-likeness (QED) is 0.794. The third-order valence-corrected chi connectivity index (χ3v) is 3.56. The molecular formula is C16H20ClN3O4. The van der Waals surface area contributed by atoms with Crippen molar-refractivity contribution < 1.29 is 19.2 Å². The third kappa shape index (κ3) is 4.38. The summed E-state index contributed by atoms with van der Waals surface area (Å²) < 4.78 is 4.81. The minimum Gasteiger partial charge on any atom is -0.466 e. The summed E-state index contributed by atoms with van der Waals surface area (Å²) in [6.45, 7) is 5.55. The number of hydrazine groups is 1. The molecule has 7 nitrogen and oxygen atoms in total. The molecule has 1 aromatic rings. The lowest BCUT2D eigenvalue weighted by atomic mass is 10.2. The molecule has 0 atom stereocenters. The van der Waals surface area contributed by atoms with Gasteiger partial charge in [0.2, 0.25) is 11.6 Å². The Morgan fingerprint density at radius 3 is 2.58 bits per heavy atom. The number of amides is 1. The van der Waals surface area contributed by atoms with Crippen LogP contribution in [0.2, 0.25) is 5.02 Å². The number of halogens is 1. The van der Waals surface area contributed by atoms with E-state index < -0.39 is 11.7 Å². The van der Waals surface area contributed by atoms with Crippen LogP contribution in [0, 0.1) is 0 Å². The van der Waals surface area contributed by atoms with Crippen molar-refractivity contribution in [2.75, 3.05) is 6.61 Å². The van der Waals surface area contributed by atoms with Gasteiger partial charge < -0.3 is 9.57 Å². The van der Waals surface area contributed by atoms with Crippen LogP contribution >= 0.6 is 11.6 Å². The summed E-state index contributed by atoms with van der Waals surface area (Å²) in [5, 5.41) is 6.17. The topological polar surface area (TPSA) is 80.2 Å². The van der Waals surface area contributed by atoms with Crippen LogP contribution in [-0.4, -0.2) is 35.1 Å². The van der Waals surface area contributed by atoms with Crippen LogP contribution in [-0.2, 0) is 19.2 Å². The summed E-state index contributed by atoms with van der Waals surface area (Å²) in [6, 6.07) is 7.02. The second-order valence-electron chi connectivity index (χ2n) is 5.64. The Hall–Kier alpha value is -2.28. The van der Waals surface area contributed by atoms with Gasteiger partial charge in [0.15, 0.2) is 5.84 Å². The maximum absolute atomic E-state index is 12.1. The van der Waals surface area contributed by atoms with Gasteiger partial charge >= 0.3 is 5.97 Å². The van der Waals surface area contributed by atoms with Gasteiger partial charge in [0.1, 0.15) is 0 Å². The average molecular weight is 354 g/mol. The molecule has 1 amide bonds. The zero-order chi connectivity index (χ0) is 17.7. The number of rotatable bonds is 6. The number of oxime groups is 1. The molecule has 0 spiro atoms. The fraction of sp³-hybridized carbons (Fsp3) is 0.438. The van der Waals surface area contributed by atoms with E-state index in [1.807, 2.05) is 0 Å². The molecule has 1 heterocycles. The summed E-state index contributed by atoms with van der Waals surface area (Å²) in [7, 11) is 0. The van der Waals surface area contributed by atoms with Crippen LogP contribution in [0.25, 0.3) is 0 Å². The molecule has 0 aromatic heterocycles. The molecule has 0 fully saturated rings. The molecule has 1 aliphatic rings. The molecule has 0 saturated heterocycles. The van der Waals surface area contributed by atoms with Crippen LogP contribution in [0.1, 0.15) is 39.2 Å². The van der Waals surface area contributed by atoms with E-state index in [1.54, 1.807) is 45.0 Å². The van der Waals surface area contributed by atoms with Gasteiger partial charge in [0.05, 0.1) is 13.0 Å². The zero-order valence-corrected chi connectivity index (χ0v) is 14.6. The predicted molar refractivity (Wildman–Crippen MR) is 89.0 cm³/mol. The molecule has 1 aliphatic heterocycles. The van der Waals surface area contributed by atoms with Crippen LogP contribution < -0.4 is 5.43 Å². The molecule has 0 radical (unpaired) electrons. The molecule has 1 N–H and O–H groups in total. The Morgan fingerprint density at radius 1 is 1.29 bits per heavy atom. The largest absolute Gasteiger partial charge is 0.466 e. The summed E-state index contributed by atoms with van der Waals surface area (Å²) in [4.78, 5) is 28.9. The van der Waals surface area contributed by atoms with Crippen molar-refractivity contribution in [1.29, 1.82) is 0 Å². The van der Waals surface area contributed by atoms with E-state index in [9.17, 15) is 9.59 Å². The second-order valence-corrected chi connectivity index (χ2v) is 6.07. The number of carbonyl (C=O) groups excluding carboxylic acids is 2. The Balaban J connectivity index is 2.05. The number of benzene rings is 1. The number of hydrogen-bond donors (Lipinski definition) is 1. The van der Waals surface area contributed by atoms with Crippen molar-refractivity contribution >= 4 is 29.3 Å². The van der Waals surface area contributed by atoms with Crippen LogP contribution in [0.15, 0.2) is 29.4 Å². The Kier molecular flexibility index (Phi) is 5.66. The Bertz CT molecular complexity index is 643. The van der Waals surface area contributed by atoms with Crippen LogP contribution in [0.3, 0.4) is 0 Å². The van der Waals surface area contributed by atoms with E-state index in [1.165, 1.54) is 5.01 Å². The summed E-state index contributed by atoms with van der Waals surface area (Å²) in [6.07, 6.45) is 0.0293. The number of nitrogens with zero attached hydrogens (tertiary/aromatic N) is 2. The number of amidine groups is 1. The predicted octanol–water partition coefficient (Wildman–Crippen LogP) is 2.44. The molecule has 0 unspecified atom stereocenters. The lowest BCUT2D eigenvalue weighted by Gasteiger charge is -2.31. The summed E-state index contributed by atoms with van der Waals surface area (Å²) >= 11 is 5.89. The highest BCUT2D eigenvalue weighted by Crippen LogP contribution is 2.25. The first-order valence-corrected chi connectivity index (χ1v) is 7.98. The molecule has 0 saturated carbocycles. The van der Waals surface area contributed by atoms with Crippen molar-refractivity contribution in [2.24, 2.45) is 5.16 Å². The normalized spacial score (nSPS) is 15.5. The Labute approximate surface area is 145 Å². The molecule has 130 valence electrons. The molecule has 0 bridgehead atoms. The highest BCUT2D eigenvalue weighted by Gasteiger charge is 2.39. The lowest BCUT2D eigenvalue weighted by Crippen LogP contribution is -2.54. The molecule has 2 rings (SSSR count). The van der Waals surface area contributed by atoms with E-state index >= 15 is 0 Å². The van der Waals surface area contributed by atoms with Gasteiger partial charge in [0, 0.05) is 17.0 Å². The summed E-state index contributed by atoms with van der Waals surface area (Å²) in [5.74, 6) is -0.277. The third-order valence-electron chi connectivity index (χ3n) is 3.31. The number of esters is 1. The minimum atomic E-state index is -0.853. The van der Waals surface area contributed by atoms with Gasteiger partial charge in [-0.05, 0) is 45.0 Å². The van der Waals surface area contributed by atoms with Crippen molar-refractivity contribution in [3.8, 4) is 0 Å². The maximum atomic E-state index is 12.1. The van der Waals surface area contributed by atoms with Gasteiger partial charge in [-0.25, -0.2) is 5.01 Å². The number of carbonyl (C=O) groups is 2. The van der Waals surface area contributed by atoms with Crippen LogP contribution in [0.4, 0.5) is 0 Å². The highest BCUT2D eigenvalue weighted by molar-refractivity contribution is 6.30. The average Bonchev–Trinajstić information content (AvgIpc) is 2.82. The van der Waals surface area contributed by atoms with Crippen molar-refractivity contribution in [2.45, 2.75) is 39.3 Å². The van der Waals surface area contributed by atoms with E-state index in [-0.39, 0.29) is 18.7 Å². The smallest absolute Gasteiger partial charge is 0.306 e. The molecular weight excluding hydrogens is 334 g/mol. The second kappa shape index (κ2) is 7.53. The van der Waals surface area contributed by atoms with Gasteiger partial charge in [0.25, 0.3) is 0 Å². The zero-order valence-electron chi connectivity index (χ0n) is 13.8. The lowest BCUT2D eigenvalue weighted by molar-refractivity contribution is -0.146. The minimum absolute atomic E-state index is 0.0132. The van der Waals surface area contributed by atoms with Crippen LogP contribution in [0.5, 0.6) is 0 Å².